The van der Waals surface area contributed by atoms with Crippen molar-refractivity contribution in [3.05, 3.63) is 72.9 Å². The zero-order chi connectivity index (χ0) is 45.1. The van der Waals surface area contributed by atoms with Gasteiger partial charge in [-0.15, -0.1) is 0 Å². The van der Waals surface area contributed by atoms with E-state index in [9.17, 15) is 14.3 Å². The van der Waals surface area contributed by atoms with Crippen molar-refractivity contribution >= 4 is 13.8 Å². The van der Waals surface area contributed by atoms with Crippen molar-refractivity contribution in [1.82, 2.24) is 0 Å². The molecule has 62 heavy (non-hydrogen) atoms. The average molecular weight is 890 g/mol. The molecule has 0 aromatic heterocycles. The molecule has 0 aliphatic carbocycles. The van der Waals surface area contributed by atoms with E-state index in [1.54, 1.807) is 0 Å². The van der Waals surface area contributed by atoms with Crippen LogP contribution in [0.4, 0.5) is 0 Å². The molecule has 0 bridgehead atoms. The van der Waals surface area contributed by atoms with Crippen molar-refractivity contribution < 1.29 is 32.8 Å². The zero-order valence-electron chi connectivity index (χ0n) is 40.1. The zero-order valence-corrected chi connectivity index (χ0v) is 41.0. The third kappa shape index (κ3) is 49.0. The number of phosphoric acid groups is 1. The monoisotopic (exact) mass is 890 g/mol. The number of hydrogen-bond donors (Lipinski definition) is 2. The van der Waals surface area contributed by atoms with Crippen LogP contribution < -0.4 is 5.73 Å². The molecule has 0 aromatic rings. The third-order valence-corrected chi connectivity index (χ3v) is 11.6. The number of carbonyl (C=O) groups excluding carboxylic acids is 1. The maximum absolute atomic E-state index is 12.7. The number of nitrogens with two attached hydrogens (primary N) is 1. The van der Waals surface area contributed by atoms with Gasteiger partial charge in [0.15, 0.2) is 0 Å². The molecule has 3 N–H and O–H groups in total. The van der Waals surface area contributed by atoms with E-state index in [2.05, 4.69) is 86.8 Å². The first-order valence-corrected chi connectivity index (χ1v) is 26.9. The lowest BCUT2D eigenvalue weighted by Gasteiger charge is -2.20. The van der Waals surface area contributed by atoms with Crippen LogP contribution in [0.15, 0.2) is 72.9 Å². The number of allylic oxidation sites excluding steroid dienone is 12. The van der Waals surface area contributed by atoms with Gasteiger partial charge < -0.3 is 20.1 Å². The van der Waals surface area contributed by atoms with Gasteiger partial charge in [0.1, 0.15) is 6.10 Å². The Bertz CT molecular complexity index is 1180. The molecule has 0 saturated heterocycles. The minimum atomic E-state index is -4.30. The molecule has 0 saturated carbocycles. The van der Waals surface area contributed by atoms with E-state index < -0.39 is 13.9 Å². The summed E-state index contributed by atoms with van der Waals surface area (Å²) in [6.07, 6.45) is 63.8. The number of rotatable bonds is 48. The number of hydrogen-bond acceptors (Lipinski definition) is 7. The summed E-state index contributed by atoms with van der Waals surface area (Å²) < 4.78 is 33.5. The van der Waals surface area contributed by atoms with Gasteiger partial charge in [0, 0.05) is 19.6 Å². The van der Waals surface area contributed by atoms with E-state index in [0.717, 1.165) is 70.6 Å². The number of phosphoric ester groups is 1. The summed E-state index contributed by atoms with van der Waals surface area (Å²) in [6.45, 7) is 4.67. The van der Waals surface area contributed by atoms with Gasteiger partial charge in [-0.3, -0.25) is 13.8 Å². The highest BCUT2D eigenvalue weighted by atomic mass is 31.2. The van der Waals surface area contributed by atoms with Crippen LogP contribution in [0.5, 0.6) is 0 Å². The second-order valence-corrected chi connectivity index (χ2v) is 18.1. The van der Waals surface area contributed by atoms with Crippen molar-refractivity contribution in [1.29, 1.82) is 0 Å². The molecule has 360 valence electrons. The van der Waals surface area contributed by atoms with Crippen LogP contribution in [0.2, 0.25) is 0 Å². The summed E-state index contributed by atoms with van der Waals surface area (Å²) in [5.41, 5.74) is 5.38. The first-order chi connectivity index (χ1) is 30.4. The maximum atomic E-state index is 12.7. The smallest absolute Gasteiger partial charge is 0.457 e. The fourth-order valence-electron chi connectivity index (χ4n) is 6.96. The van der Waals surface area contributed by atoms with Gasteiger partial charge >= 0.3 is 13.8 Å². The van der Waals surface area contributed by atoms with Crippen LogP contribution in [-0.2, 0) is 27.9 Å². The first-order valence-electron chi connectivity index (χ1n) is 25.4. The van der Waals surface area contributed by atoms with Gasteiger partial charge in [0.2, 0.25) is 0 Å². The highest BCUT2D eigenvalue weighted by molar-refractivity contribution is 7.47. The Labute approximate surface area is 382 Å². The summed E-state index contributed by atoms with van der Waals surface area (Å²) >= 11 is 0. The van der Waals surface area contributed by atoms with Crippen molar-refractivity contribution in [3.8, 4) is 0 Å². The molecule has 0 heterocycles. The van der Waals surface area contributed by atoms with E-state index in [4.69, 9.17) is 24.3 Å². The van der Waals surface area contributed by atoms with Gasteiger partial charge in [-0.2, -0.15) is 0 Å². The molecule has 0 fully saturated rings. The van der Waals surface area contributed by atoms with Gasteiger partial charge in [-0.05, 0) is 57.8 Å². The van der Waals surface area contributed by atoms with Crippen LogP contribution in [0.1, 0.15) is 219 Å². The highest BCUT2D eigenvalue weighted by Crippen LogP contribution is 2.43. The quantitative estimate of drug-likeness (QED) is 0.0268. The minimum Gasteiger partial charge on any atom is -0.457 e. The number of unbranched alkanes of at least 4 members (excludes halogenated alkanes) is 23. The lowest BCUT2D eigenvalue weighted by Crippen LogP contribution is -2.28. The molecular formula is C53H96NO7P. The second-order valence-electron chi connectivity index (χ2n) is 16.7. The Morgan fingerprint density at radius 1 is 0.500 bits per heavy atom. The van der Waals surface area contributed by atoms with E-state index in [1.165, 1.54) is 128 Å². The third-order valence-electron chi connectivity index (χ3n) is 10.6. The largest absolute Gasteiger partial charge is 0.472 e. The maximum Gasteiger partial charge on any atom is 0.472 e. The van der Waals surface area contributed by atoms with Crippen molar-refractivity contribution in [3.63, 3.8) is 0 Å². The van der Waals surface area contributed by atoms with Crippen molar-refractivity contribution in [2.24, 2.45) is 5.73 Å². The Morgan fingerprint density at radius 3 is 1.29 bits per heavy atom. The molecule has 0 spiro atoms. The molecule has 9 heteroatoms. The van der Waals surface area contributed by atoms with E-state index >= 15 is 0 Å². The van der Waals surface area contributed by atoms with Crippen molar-refractivity contribution in [2.45, 2.75) is 225 Å². The second kappa shape index (κ2) is 49.9. The highest BCUT2D eigenvalue weighted by Gasteiger charge is 2.25. The fourth-order valence-corrected chi connectivity index (χ4v) is 7.72. The van der Waals surface area contributed by atoms with Gasteiger partial charge in [-0.1, -0.05) is 228 Å². The predicted molar refractivity (Wildman–Crippen MR) is 265 cm³/mol. The molecule has 2 unspecified atom stereocenters. The normalized spacial score (nSPS) is 13.9. The first kappa shape index (κ1) is 59.9. The molecule has 0 aromatic carbocycles. The lowest BCUT2D eigenvalue weighted by atomic mass is 10.0. The van der Waals surface area contributed by atoms with Crippen LogP contribution in [0, 0.1) is 0 Å². The van der Waals surface area contributed by atoms with E-state index in [-0.39, 0.29) is 32.3 Å². The van der Waals surface area contributed by atoms with Gasteiger partial charge in [0.05, 0.1) is 19.8 Å². The molecule has 8 nitrogen and oxygen atoms in total. The Hall–Kier alpha value is -2.06. The van der Waals surface area contributed by atoms with Crippen molar-refractivity contribution in [2.75, 3.05) is 33.0 Å². The van der Waals surface area contributed by atoms with Crippen LogP contribution >= 0.6 is 7.82 Å². The van der Waals surface area contributed by atoms with E-state index in [1.807, 2.05) is 0 Å². The minimum absolute atomic E-state index is 0.0752. The lowest BCUT2D eigenvalue weighted by molar-refractivity contribution is -0.154. The topological polar surface area (TPSA) is 117 Å². The molecule has 0 aliphatic heterocycles. The molecule has 0 rings (SSSR count). The average Bonchev–Trinajstić information content (AvgIpc) is 3.26. The molecule has 0 aliphatic rings. The van der Waals surface area contributed by atoms with Crippen LogP contribution in [0.3, 0.4) is 0 Å². The summed E-state index contributed by atoms with van der Waals surface area (Å²) in [6, 6.07) is 0. The predicted octanol–water partition coefficient (Wildman–Crippen LogP) is 15.9. The van der Waals surface area contributed by atoms with Gasteiger partial charge in [-0.25, -0.2) is 4.57 Å². The summed E-state index contributed by atoms with van der Waals surface area (Å²) in [4.78, 5) is 22.6. The molecule has 0 radical (unpaired) electrons. The summed E-state index contributed by atoms with van der Waals surface area (Å²) in [7, 11) is -4.30. The summed E-state index contributed by atoms with van der Waals surface area (Å²) in [5.74, 6) is -0.348. The number of esters is 1. The Balaban J connectivity index is 4.02. The van der Waals surface area contributed by atoms with Crippen LogP contribution in [-0.4, -0.2) is 49.9 Å². The summed E-state index contributed by atoms with van der Waals surface area (Å²) in [5, 5.41) is 0. The molecular weight excluding hydrogens is 794 g/mol. The number of carbonyl (C=O) groups is 1. The Morgan fingerprint density at radius 2 is 0.887 bits per heavy atom. The molecule has 0 amide bonds. The fraction of sp³-hybridized carbons (Fsp3) is 0.755. The SMILES string of the molecule is CC/C=C\C/C=C\C/C=C\C/C=C\C/C=C\C/C=C\CCCOCC(COP(=O)(O)OCCN)OC(=O)CCCCCCCCCCCCCCCCCCCCCCCCC. The molecule has 2 atom stereocenters. The standard InChI is InChI=1S/C53H96NO7P/c1-3-5-7-9-11-13-15-17-19-21-23-25-26-27-28-30-32-34-36-38-40-42-44-46-53(55)61-52(51-60-62(56,57)59-49-47-54)50-58-48-45-43-41-39-37-35-33-31-29-24-22-20-18-16-14-12-10-8-6-4-2/h6,8,12,14,18,20,24,29,33,35,39,41,52H,3-5,7,9-11,13,15-17,19,21-23,25-28,30-32,34,36-38,40,42-51,54H2,1-2H3,(H,56,57)/b8-6-,14-12-,20-18-,29-24-,35-33-,41-39-. The number of ether oxygens (including phenoxy) is 2. The van der Waals surface area contributed by atoms with Crippen LogP contribution in [0.25, 0.3) is 0 Å². The van der Waals surface area contributed by atoms with Gasteiger partial charge in [0.25, 0.3) is 0 Å². The Kier molecular flexibility index (Phi) is 48.3. The van der Waals surface area contributed by atoms with E-state index in [0.29, 0.717) is 13.0 Å².